The number of rotatable bonds is 1. The fourth-order valence-corrected chi connectivity index (χ4v) is 1.85. The molecule has 1 unspecified atom stereocenters. The summed E-state index contributed by atoms with van der Waals surface area (Å²) in [6.45, 7) is 3.47. The molecule has 1 aliphatic rings. The Morgan fingerprint density at radius 2 is 2.00 bits per heavy atom. The van der Waals surface area contributed by atoms with Gasteiger partial charge in [0.2, 0.25) is 0 Å². The summed E-state index contributed by atoms with van der Waals surface area (Å²) in [5.41, 5.74) is 1.43. The summed E-state index contributed by atoms with van der Waals surface area (Å²) < 4.78 is 0. The molecule has 1 fully saturated rings. The smallest absolute Gasteiger partial charge is 0.0323 e. The zero-order valence-corrected chi connectivity index (χ0v) is 7.46. The molecule has 0 spiro atoms. The van der Waals surface area contributed by atoms with Gasteiger partial charge in [0, 0.05) is 6.04 Å². The Hall–Kier alpha value is -0.820. The van der Waals surface area contributed by atoms with Crippen molar-refractivity contribution in [3.63, 3.8) is 0 Å². The van der Waals surface area contributed by atoms with Crippen molar-refractivity contribution in [1.82, 2.24) is 5.32 Å². The Bertz CT molecular complexity index is 242. The Morgan fingerprint density at radius 1 is 1.25 bits per heavy atom. The molecule has 0 radical (unpaired) electrons. The van der Waals surface area contributed by atoms with E-state index < -0.39 is 0 Å². The third-order valence-electron chi connectivity index (χ3n) is 2.55. The van der Waals surface area contributed by atoms with Crippen LogP contribution in [0.5, 0.6) is 0 Å². The molecule has 2 atom stereocenters. The summed E-state index contributed by atoms with van der Waals surface area (Å²) in [7, 11) is 0. The Kier molecular flexibility index (Phi) is 2.13. The van der Waals surface area contributed by atoms with Crippen molar-refractivity contribution in [2.24, 2.45) is 5.92 Å². The lowest BCUT2D eigenvalue weighted by molar-refractivity contribution is 0.612. The normalized spacial score (nSPS) is 29.1. The average molecular weight is 161 g/mol. The van der Waals surface area contributed by atoms with Gasteiger partial charge in [0.25, 0.3) is 0 Å². The number of nitrogens with one attached hydrogen (secondary N) is 1. The first-order chi connectivity index (χ1) is 5.86. The maximum Gasteiger partial charge on any atom is 0.0323 e. The van der Waals surface area contributed by atoms with Crippen molar-refractivity contribution < 1.29 is 0 Å². The monoisotopic (exact) mass is 161 g/mol. The highest BCUT2D eigenvalue weighted by atomic mass is 14.9. The number of hydrogen-bond donors (Lipinski definition) is 1. The van der Waals surface area contributed by atoms with Gasteiger partial charge in [-0.25, -0.2) is 0 Å². The molecule has 0 amide bonds. The predicted octanol–water partition coefficient (Wildman–Crippen LogP) is 2.36. The lowest BCUT2D eigenvalue weighted by Crippen LogP contribution is -2.12. The van der Waals surface area contributed by atoms with Crippen LogP contribution in [0.2, 0.25) is 0 Å². The Balaban J connectivity index is 2.11. The van der Waals surface area contributed by atoms with Crippen molar-refractivity contribution in [1.29, 1.82) is 0 Å². The number of hydrogen-bond acceptors (Lipinski definition) is 1. The van der Waals surface area contributed by atoms with Crippen LogP contribution < -0.4 is 5.32 Å². The van der Waals surface area contributed by atoms with Crippen molar-refractivity contribution in [3.05, 3.63) is 35.9 Å². The second-order valence-corrected chi connectivity index (χ2v) is 3.71. The van der Waals surface area contributed by atoms with Gasteiger partial charge in [-0.1, -0.05) is 37.3 Å². The molecule has 0 bridgehead atoms. The summed E-state index contributed by atoms with van der Waals surface area (Å²) >= 11 is 0. The van der Waals surface area contributed by atoms with Crippen LogP contribution in [0.3, 0.4) is 0 Å². The van der Waals surface area contributed by atoms with E-state index in [2.05, 4.69) is 42.6 Å². The van der Waals surface area contributed by atoms with E-state index in [1.54, 1.807) is 0 Å². The highest BCUT2D eigenvalue weighted by Crippen LogP contribution is 2.25. The van der Waals surface area contributed by atoms with Crippen LogP contribution in [0.25, 0.3) is 0 Å². The molecule has 2 rings (SSSR count). The van der Waals surface area contributed by atoms with E-state index in [0.717, 1.165) is 5.92 Å². The molecule has 1 heterocycles. The second-order valence-electron chi connectivity index (χ2n) is 3.71. The van der Waals surface area contributed by atoms with E-state index >= 15 is 0 Å². The van der Waals surface area contributed by atoms with Crippen LogP contribution in [-0.2, 0) is 0 Å². The minimum absolute atomic E-state index is 0.598. The first-order valence-corrected chi connectivity index (χ1v) is 4.64. The molecule has 1 aliphatic heterocycles. The highest BCUT2D eigenvalue weighted by Gasteiger charge is 2.21. The van der Waals surface area contributed by atoms with E-state index in [1.165, 1.54) is 18.5 Å². The van der Waals surface area contributed by atoms with Gasteiger partial charge in [0.15, 0.2) is 0 Å². The second kappa shape index (κ2) is 3.28. The topological polar surface area (TPSA) is 12.0 Å². The predicted molar refractivity (Wildman–Crippen MR) is 51.0 cm³/mol. The molecular formula is C11H15N. The quantitative estimate of drug-likeness (QED) is 0.666. The van der Waals surface area contributed by atoms with Crippen molar-refractivity contribution in [2.45, 2.75) is 19.4 Å². The molecule has 0 saturated carbocycles. The van der Waals surface area contributed by atoms with Crippen LogP contribution in [0.1, 0.15) is 24.9 Å². The Morgan fingerprint density at radius 3 is 2.58 bits per heavy atom. The third kappa shape index (κ3) is 1.51. The van der Waals surface area contributed by atoms with Gasteiger partial charge >= 0.3 is 0 Å². The van der Waals surface area contributed by atoms with Gasteiger partial charge in [0.05, 0.1) is 0 Å². The molecule has 64 valence electrons. The molecule has 1 nitrogen and oxygen atoms in total. The maximum atomic E-state index is 3.52. The maximum absolute atomic E-state index is 3.52. The molecular weight excluding hydrogens is 146 g/mol. The fourth-order valence-electron chi connectivity index (χ4n) is 1.85. The van der Waals surface area contributed by atoms with Gasteiger partial charge in [-0.3, -0.25) is 0 Å². The lowest BCUT2D eigenvalue weighted by Gasteiger charge is -2.09. The Labute approximate surface area is 73.8 Å². The summed E-state index contributed by atoms with van der Waals surface area (Å²) in [6, 6.07) is 11.3. The van der Waals surface area contributed by atoms with Gasteiger partial charge in [-0.05, 0) is 24.4 Å². The zero-order valence-electron chi connectivity index (χ0n) is 7.46. The van der Waals surface area contributed by atoms with Crippen LogP contribution >= 0.6 is 0 Å². The summed E-state index contributed by atoms with van der Waals surface area (Å²) in [5, 5.41) is 3.52. The van der Waals surface area contributed by atoms with Crippen molar-refractivity contribution in [2.75, 3.05) is 6.54 Å². The number of benzene rings is 1. The zero-order chi connectivity index (χ0) is 8.39. The van der Waals surface area contributed by atoms with E-state index in [0.29, 0.717) is 6.04 Å². The molecule has 1 aromatic rings. The lowest BCUT2D eigenvalue weighted by atomic mass is 10.0. The van der Waals surface area contributed by atoms with Gasteiger partial charge < -0.3 is 5.32 Å². The largest absolute Gasteiger partial charge is 0.310 e. The molecule has 12 heavy (non-hydrogen) atoms. The molecule has 1 aromatic carbocycles. The van der Waals surface area contributed by atoms with E-state index in [4.69, 9.17) is 0 Å². The van der Waals surface area contributed by atoms with Crippen LogP contribution in [0, 0.1) is 5.92 Å². The van der Waals surface area contributed by atoms with E-state index in [1.807, 2.05) is 0 Å². The molecule has 1 saturated heterocycles. The molecule has 0 aliphatic carbocycles. The van der Waals surface area contributed by atoms with E-state index in [9.17, 15) is 0 Å². The minimum Gasteiger partial charge on any atom is -0.310 e. The fraction of sp³-hybridized carbons (Fsp3) is 0.455. The summed E-state index contributed by atoms with van der Waals surface area (Å²) in [5.74, 6) is 0.829. The van der Waals surface area contributed by atoms with Gasteiger partial charge in [-0.2, -0.15) is 0 Å². The van der Waals surface area contributed by atoms with Crippen molar-refractivity contribution in [3.8, 4) is 0 Å². The summed E-state index contributed by atoms with van der Waals surface area (Å²) in [6.07, 6.45) is 1.28. The summed E-state index contributed by atoms with van der Waals surface area (Å²) in [4.78, 5) is 0. The first-order valence-electron chi connectivity index (χ1n) is 4.64. The highest BCUT2D eigenvalue weighted by molar-refractivity contribution is 5.19. The molecule has 0 aromatic heterocycles. The third-order valence-corrected chi connectivity index (χ3v) is 2.55. The van der Waals surface area contributed by atoms with Gasteiger partial charge in [-0.15, -0.1) is 0 Å². The first kappa shape index (κ1) is 7.81. The SMILES string of the molecule is CC1CN[C@@H](c2ccccc2)C1. The molecule has 1 heteroatoms. The van der Waals surface area contributed by atoms with Gasteiger partial charge in [0.1, 0.15) is 0 Å². The van der Waals surface area contributed by atoms with Crippen LogP contribution in [-0.4, -0.2) is 6.54 Å². The molecule has 1 N–H and O–H groups in total. The van der Waals surface area contributed by atoms with Crippen molar-refractivity contribution >= 4 is 0 Å². The van der Waals surface area contributed by atoms with Crippen LogP contribution in [0.4, 0.5) is 0 Å². The standard InChI is InChI=1S/C11H15N/c1-9-7-11(12-8-9)10-5-3-2-4-6-10/h2-6,9,11-12H,7-8H2,1H3/t9?,11-/m1/s1. The van der Waals surface area contributed by atoms with E-state index in [-0.39, 0.29) is 0 Å². The average Bonchev–Trinajstić information content (AvgIpc) is 2.54. The minimum atomic E-state index is 0.598. The van der Waals surface area contributed by atoms with Crippen LogP contribution in [0.15, 0.2) is 30.3 Å².